The molecule has 1 atom stereocenters. The van der Waals surface area contributed by atoms with Crippen molar-refractivity contribution in [3.63, 3.8) is 0 Å². The first-order chi connectivity index (χ1) is 17.8. The van der Waals surface area contributed by atoms with Crippen LogP contribution in [0.25, 0.3) is 22.8 Å². The fraction of sp³-hybridized carbons (Fsp3) is 0.500. The molecule has 4 rings (SSSR count). The SMILES string of the molecule is CCc1cc(-c2noc(-c3cc(C)nc(N(CC)CC)c3)n2)cc(C)c1OCCN1CC[C@H](C(=O)O)C1. The molecule has 1 aromatic carbocycles. The third-order valence-corrected chi connectivity index (χ3v) is 6.97. The number of hydrogen-bond donors (Lipinski definition) is 1. The Hall–Kier alpha value is -3.46. The predicted octanol–water partition coefficient (Wildman–Crippen LogP) is 4.61. The van der Waals surface area contributed by atoms with Crippen molar-refractivity contribution in [2.45, 2.75) is 47.5 Å². The maximum atomic E-state index is 11.2. The summed E-state index contributed by atoms with van der Waals surface area (Å²) in [4.78, 5) is 24.9. The van der Waals surface area contributed by atoms with E-state index in [9.17, 15) is 9.90 Å². The molecule has 3 aromatic rings. The molecule has 0 unspecified atom stereocenters. The molecule has 0 radical (unpaired) electrons. The third kappa shape index (κ3) is 6.10. The van der Waals surface area contributed by atoms with E-state index in [1.165, 1.54) is 0 Å². The molecule has 198 valence electrons. The molecule has 1 aliphatic rings. The quantitative estimate of drug-likeness (QED) is 0.398. The second-order valence-corrected chi connectivity index (χ2v) is 9.56. The van der Waals surface area contributed by atoms with Gasteiger partial charge >= 0.3 is 5.97 Å². The molecule has 3 heterocycles. The van der Waals surface area contributed by atoms with Crippen LogP contribution in [-0.2, 0) is 11.2 Å². The minimum absolute atomic E-state index is 0.271. The maximum Gasteiger partial charge on any atom is 0.307 e. The summed E-state index contributed by atoms with van der Waals surface area (Å²) in [7, 11) is 0. The van der Waals surface area contributed by atoms with E-state index in [2.05, 4.69) is 46.8 Å². The van der Waals surface area contributed by atoms with Crippen molar-refractivity contribution >= 4 is 11.8 Å². The van der Waals surface area contributed by atoms with Gasteiger partial charge in [-0.3, -0.25) is 9.69 Å². The second-order valence-electron chi connectivity index (χ2n) is 9.56. The van der Waals surface area contributed by atoms with Gasteiger partial charge in [0.05, 0.1) is 5.92 Å². The summed E-state index contributed by atoms with van der Waals surface area (Å²) in [5.74, 6) is 1.80. The summed E-state index contributed by atoms with van der Waals surface area (Å²) >= 11 is 0. The summed E-state index contributed by atoms with van der Waals surface area (Å²) in [5, 5.41) is 13.5. The van der Waals surface area contributed by atoms with Crippen LogP contribution in [0.2, 0.25) is 0 Å². The molecule has 0 spiro atoms. The van der Waals surface area contributed by atoms with Gasteiger partial charge in [-0.1, -0.05) is 12.1 Å². The molecule has 1 fully saturated rings. The highest BCUT2D eigenvalue weighted by molar-refractivity contribution is 5.70. The molecule has 0 saturated carbocycles. The minimum Gasteiger partial charge on any atom is -0.492 e. The number of carbonyl (C=O) groups is 1. The van der Waals surface area contributed by atoms with Crippen LogP contribution in [0.1, 0.15) is 44.0 Å². The van der Waals surface area contributed by atoms with E-state index < -0.39 is 5.97 Å². The lowest BCUT2D eigenvalue weighted by Gasteiger charge is -2.20. The first-order valence-electron chi connectivity index (χ1n) is 13.1. The average Bonchev–Trinajstić information content (AvgIpc) is 3.56. The zero-order chi connectivity index (χ0) is 26.5. The van der Waals surface area contributed by atoms with E-state index in [-0.39, 0.29) is 5.92 Å². The van der Waals surface area contributed by atoms with Gasteiger partial charge in [0.2, 0.25) is 5.82 Å². The van der Waals surface area contributed by atoms with Crippen LogP contribution >= 0.6 is 0 Å². The molecule has 1 saturated heterocycles. The number of benzene rings is 1. The molecule has 0 aliphatic carbocycles. The number of pyridine rings is 1. The summed E-state index contributed by atoms with van der Waals surface area (Å²) < 4.78 is 11.9. The zero-order valence-corrected chi connectivity index (χ0v) is 22.5. The second kappa shape index (κ2) is 11.7. The van der Waals surface area contributed by atoms with Crippen molar-refractivity contribution in [2.24, 2.45) is 5.92 Å². The van der Waals surface area contributed by atoms with Gasteiger partial charge in [0.25, 0.3) is 5.89 Å². The van der Waals surface area contributed by atoms with Gasteiger partial charge in [-0.2, -0.15) is 4.98 Å². The maximum absolute atomic E-state index is 11.2. The topological polar surface area (TPSA) is 105 Å². The van der Waals surface area contributed by atoms with Gasteiger partial charge in [0.1, 0.15) is 18.2 Å². The molecular weight excluding hydrogens is 470 g/mol. The standard InChI is InChI=1S/C28H37N5O4/c1-6-20-15-22(13-18(4)25(20)36-12-11-32-10-9-21(17-32)28(34)35)26-30-27(37-31-26)23-14-19(5)29-24(16-23)33(7-2)8-3/h13-16,21H,6-12,17H2,1-5H3,(H,34,35)/t21-/m0/s1. The number of likely N-dealkylation sites (tertiary alicyclic amines) is 1. The Bertz CT molecular complexity index is 1240. The fourth-order valence-electron chi connectivity index (χ4n) is 4.90. The number of nitrogens with zero attached hydrogens (tertiary/aromatic N) is 5. The third-order valence-electron chi connectivity index (χ3n) is 6.97. The van der Waals surface area contributed by atoms with E-state index >= 15 is 0 Å². The van der Waals surface area contributed by atoms with Gasteiger partial charge in [0, 0.05) is 43.0 Å². The van der Waals surface area contributed by atoms with Crippen LogP contribution in [0.3, 0.4) is 0 Å². The van der Waals surface area contributed by atoms with Gasteiger partial charge in [-0.05, 0) is 82.5 Å². The molecule has 2 aromatic heterocycles. The van der Waals surface area contributed by atoms with E-state index in [4.69, 9.17) is 14.2 Å². The summed E-state index contributed by atoms with van der Waals surface area (Å²) in [6.45, 7) is 14.7. The number of ether oxygens (including phenoxy) is 1. The Labute approximate surface area is 218 Å². The number of rotatable bonds is 11. The lowest BCUT2D eigenvalue weighted by molar-refractivity contribution is -0.141. The van der Waals surface area contributed by atoms with Gasteiger partial charge in [-0.25, -0.2) is 4.98 Å². The normalized spacial score (nSPS) is 15.8. The number of aryl methyl sites for hydroxylation is 3. The molecule has 0 amide bonds. The van der Waals surface area contributed by atoms with Crippen molar-refractivity contribution in [1.82, 2.24) is 20.0 Å². The molecule has 0 bridgehead atoms. The first-order valence-corrected chi connectivity index (χ1v) is 13.1. The number of aromatic nitrogens is 3. The van der Waals surface area contributed by atoms with Crippen LogP contribution in [0, 0.1) is 19.8 Å². The Balaban J connectivity index is 1.50. The minimum atomic E-state index is -0.712. The molecule has 9 heteroatoms. The number of aliphatic carboxylic acids is 1. The zero-order valence-electron chi connectivity index (χ0n) is 22.5. The molecule has 9 nitrogen and oxygen atoms in total. The highest BCUT2D eigenvalue weighted by Gasteiger charge is 2.27. The average molecular weight is 508 g/mol. The Morgan fingerprint density at radius 1 is 1.14 bits per heavy atom. The van der Waals surface area contributed by atoms with Gasteiger partial charge in [-0.15, -0.1) is 0 Å². The molecule has 1 aliphatic heterocycles. The Morgan fingerprint density at radius 2 is 1.92 bits per heavy atom. The van der Waals surface area contributed by atoms with E-state index in [0.717, 1.165) is 65.6 Å². The molecular formula is C28H37N5O4. The number of hydrogen-bond acceptors (Lipinski definition) is 8. The van der Waals surface area contributed by atoms with Gasteiger partial charge < -0.3 is 19.3 Å². The van der Waals surface area contributed by atoms with Crippen LogP contribution < -0.4 is 9.64 Å². The molecule has 37 heavy (non-hydrogen) atoms. The fourth-order valence-corrected chi connectivity index (χ4v) is 4.90. The largest absolute Gasteiger partial charge is 0.492 e. The summed E-state index contributed by atoms with van der Waals surface area (Å²) in [6, 6.07) is 8.05. The van der Waals surface area contributed by atoms with Crippen LogP contribution in [0.15, 0.2) is 28.8 Å². The van der Waals surface area contributed by atoms with E-state index in [0.29, 0.717) is 37.8 Å². The van der Waals surface area contributed by atoms with Crippen molar-refractivity contribution in [3.05, 3.63) is 41.1 Å². The van der Waals surface area contributed by atoms with Crippen molar-refractivity contribution in [1.29, 1.82) is 0 Å². The van der Waals surface area contributed by atoms with E-state index in [1.54, 1.807) is 0 Å². The number of carboxylic acid groups (broad SMARTS) is 1. The summed E-state index contributed by atoms with van der Waals surface area (Å²) in [6.07, 6.45) is 1.50. The number of anilines is 1. The number of carboxylic acids is 1. The smallest absolute Gasteiger partial charge is 0.307 e. The Morgan fingerprint density at radius 3 is 2.59 bits per heavy atom. The van der Waals surface area contributed by atoms with Crippen molar-refractivity contribution < 1.29 is 19.2 Å². The van der Waals surface area contributed by atoms with E-state index in [1.807, 2.05) is 32.0 Å². The van der Waals surface area contributed by atoms with Crippen LogP contribution in [0.5, 0.6) is 5.75 Å². The molecule has 1 N–H and O–H groups in total. The Kier molecular flexibility index (Phi) is 8.43. The highest BCUT2D eigenvalue weighted by Crippen LogP contribution is 2.32. The van der Waals surface area contributed by atoms with Crippen molar-refractivity contribution in [3.8, 4) is 28.6 Å². The highest BCUT2D eigenvalue weighted by atomic mass is 16.5. The van der Waals surface area contributed by atoms with Crippen LogP contribution in [0.4, 0.5) is 5.82 Å². The van der Waals surface area contributed by atoms with Crippen LogP contribution in [-0.4, -0.2) is 70.4 Å². The summed E-state index contributed by atoms with van der Waals surface area (Å²) in [5.41, 5.74) is 4.73. The predicted molar refractivity (Wildman–Crippen MR) is 143 cm³/mol. The lowest BCUT2D eigenvalue weighted by Crippen LogP contribution is -2.27. The first kappa shape index (κ1) is 26.6. The lowest BCUT2D eigenvalue weighted by atomic mass is 10.0. The van der Waals surface area contributed by atoms with Crippen molar-refractivity contribution in [2.75, 3.05) is 44.2 Å². The monoisotopic (exact) mass is 507 g/mol. The van der Waals surface area contributed by atoms with Gasteiger partial charge in [0.15, 0.2) is 0 Å².